The van der Waals surface area contributed by atoms with Gasteiger partial charge in [-0.2, -0.15) is 0 Å². The normalized spacial score (nSPS) is 13.9. The number of para-hydroxylation sites is 2. The molecule has 0 radical (unpaired) electrons. The number of morpholine rings is 1. The van der Waals surface area contributed by atoms with Crippen LogP contribution in [0, 0.1) is 0 Å². The minimum absolute atomic E-state index is 0.122. The van der Waals surface area contributed by atoms with Gasteiger partial charge in [-0.25, -0.2) is 4.79 Å². The van der Waals surface area contributed by atoms with Gasteiger partial charge >= 0.3 is 5.97 Å². The van der Waals surface area contributed by atoms with Crippen molar-refractivity contribution in [3.05, 3.63) is 113 Å². The van der Waals surface area contributed by atoms with Gasteiger partial charge in [0.2, 0.25) is 0 Å². The Kier molecular flexibility index (Phi) is 8.64. The third kappa shape index (κ3) is 6.62. The first kappa shape index (κ1) is 27.2. The van der Waals surface area contributed by atoms with Crippen LogP contribution in [0.1, 0.15) is 15.9 Å². The number of amides is 1. The molecular formula is C32H29ClN2O5. The molecule has 1 saturated heterocycles. The molecule has 40 heavy (non-hydrogen) atoms. The van der Waals surface area contributed by atoms with Gasteiger partial charge in [-0.05, 0) is 47.5 Å². The summed E-state index contributed by atoms with van der Waals surface area (Å²) >= 11 is 6.20. The quantitative estimate of drug-likeness (QED) is 0.260. The van der Waals surface area contributed by atoms with E-state index in [1.165, 1.54) is 0 Å². The molecule has 0 aliphatic carbocycles. The number of ether oxygens (including phenoxy) is 2. The maximum Gasteiger partial charge on any atom is 0.326 e. The van der Waals surface area contributed by atoms with Crippen molar-refractivity contribution in [1.82, 2.24) is 5.32 Å². The van der Waals surface area contributed by atoms with Crippen molar-refractivity contribution in [1.29, 1.82) is 0 Å². The average Bonchev–Trinajstić information content (AvgIpc) is 2.98. The molecule has 0 saturated carbocycles. The van der Waals surface area contributed by atoms with Crippen molar-refractivity contribution in [2.24, 2.45) is 0 Å². The Labute approximate surface area is 237 Å². The van der Waals surface area contributed by atoms with Crippen LogP contribution < -0.4 is 15.0 Å². The van der Waals surface area contributed by atoms with Crippen molar-refractivity contribution in [3.63, 3.8) is 0 Å². The number of rotatable bonds is 9. The Morgan fingerprint density at radius 1 is 0.925 bits per heavy atom. The third-order valence-corrected chi connectivity index (χ3v) is 6.96. The van der Waals surface area contributed by atoms with Gasteiger partial charge in [0.25, 0.3) is 5.91 Å². The van der Waals surface area contributed by atoms with E-state index in [1.807, 2.05) is 83.8 Å². The lowest BCUT2D eigenvalue weighted by molar-refractivity contribution is -0.139. The van der Waals surface area contributed by atoms with Crippen LogP contribution in [0.3, 0.4) is 0 Å². The van der Waals surface area contributed by atoms with Crippen molar-refractivity contribution >= 4 is 29.2 Å². The smallest absolute Gasteiger partial charge is 0.326 e. The molecule has 5 rings (SSSR count). The van der Waals surface area contributed by atoms with E-state index in [0.717, 1.165) is 28.2 Å². The van der Waals surface area contributed by atoms with Crippen molar-refractivity contribution in [2.75, 3.05) is 31.2 Å². The minimum atomic E-state index is -1.12. The summed E-state index contributed by atoms with van der Waals surface area (Å²) in [6.07, 6.45) is 0.122. The molecule has 204 valence electrons. The van der Waals surface area contributed by atoms with Crippen LogP contribution in [0.25, 0.3) is 11.1 Å². The lowest BCUT2D eigenvalue weighted by atomic mass is 9.99. The summed E-state index contributed by atoms with van der Waals surface area (Å²) < 4.78 is 11.5. The van der Waals surface area contributed by atoms with Gasteiger partial charge in [-0.3, -0.25) is 4.79 Å². The maximum absolute atomic E-state index is 13.3. The number of halogens is 1. The molecule has 2 N–H and O–H groups in total. The molecule has 0 bridgehead atoms. The van der Waals surface area contributed by atoms with Crippen LogP contribution in [-0.4, -0.2) is 49.3 Å². The molecule has 1 aliphatic heterocycles. The van der Waals surface area contributed by atoms with E-state index >= 15 is 0 Å². The van der Waals surface area contributed by atoms with Gasteiger partial charge in [0, 0.05) is 35.8 Å². The highest BCUT2D eigenvalue weighted by atomic mass is 35.5. The summed E-state index contributed by atoms with van der Waals surface area (Å²) in [5.41, 5.74) is 3.66. The third-order valence-electron chi connectivity index (χ3n) is 6.72. The SMILES string of the molecule is O=C(N[C@@H](Cc1ccc(-c2ccccc2Oc2ccccc2)cc1)C(=O)O)c1cc(Cl)ccc1N1CCOCC1. The molecular weight excluding hydrogens is 528 g/mol. The van der Waals surface area contributed by atoms with E-state index in [9.17, 15) is 14.7 Å². The van der Waals surface area contributed by atoms with E-state index in [1.54, 1.807) is 18.2 Å². The molecule has 0 unspecified atom stereocenters. The van der Waals surface area contributed by atoms with Crippen LogP contribution in [0.15, 0.2) is 97.1 Å². The molecule has 1 atom stereocenters. The number of nitrogens with zero attached hydrogens (tertiary/aromatic N) is 1. The Morgan fingerprint density at radius 2 is 1.62 bits per heavy atom. The molecule has 1 amide bonds. The van der Waals surface area contributed by atoms with Crippen LogP contribution >= 0.6 is 11.6 Å². The maximum atomic E-state index is 13.3. The Morgan fingerprint density at radius 3 is 2.35 bits per heavy atom. The molecule has 7 nitrogen and oxygen atoms in total. The number of benzene rings is 4. The van der Waals surface area contributed by atoms with Crippen molar-refractivity contribution in [3.8, 4) is 22.6 Å². The highest BCUT2D eigenvalue weighted by Crippen LogP contribution is 2.33. The van der Waals surface area contributed by atoms with E-state index in [0.29, 0.717) is 42.6 Å². The Bertz CT molecular complexity index is 1470. The highest BCUT2D eigenvalue weighted by Gasteiger charge is 2.25. The predicted molar refractivity (Wildman–Crippen MR) is 155 cm³/mol. The summed E-state index contributed by atoms with van der Waals surface area (Å²) in [7, 11) is 0. The van der Waals surface area contributed by atoms with Gasteiger partial charge in [-0.15, -0.1) is 0 Å². The second-order valence-electron chi connectivity index (χ2n) is 9.44. The summed E-state index contributed by atoms with van der Waals surface area (Å²) in [5.74, 6) is -0.146. The minimum Gasteiger partial charge on any atom is -0.480 e. The molecule has 1 fully saturated rings. The molecule has 4 aromatic carbocycles. The van der Waals surface area contributed by atoms with Crippen molar-refractivity contribution in [2.45, 2.75) is 12.5 Å². The number of carboxylic acid groups (broad SMARTS) is 1. The number of aliphatic carboxylic acids is 1. The number of carboxylic acids is 1. The molecule has 1 heterocycles. The summed E-state index contributed by atoms with van der Waals surface area (Å²) in [6.45, 7) is 2.38. The van der Waals surface area contributed by atoms with Gasteiger partial charge in [0.05, 0.1) is 18.8 Å². The fourth-order valence-corrected chi connectivity index (χ4v) is 4.84. The predicted octanol–water partition coefficient (Wildman–Crippen LogP) is 6.06. The second kappa shape index (κ2) is 12.7. The Balaban J connectivity index is 1.31. The monoisotopic (exact) mass is 556 g/mol. The van der Waals surface area contributed by atoms with E-state index in [4.69, 9.17) is 21.1 Å². The van der Waals surface area contributed by atoms with Crippen LogP contribution in [0.2, 0.25) is 5.02 Å². The van der Waals surface area contributed by atoms with Crippen LogP contribution in [-0.2, 0) is 16.0 Å². The molecule has 0 aromatic heterocycles. The lowest BCUT2D eigenvalue weighted by Crippen LogP contribution is -2.43. The van der Waals surface area contributed by atoms with Crippen LogP contribution in [0.5, 0.6) is 11.5 Å². The van der Waals surface area contributed by atoms with E-state index in [2.05, 4.69) is 5.32 Å². The first-order chi connectivity index (χ1) is 19.5. The lowest BCUT2D eigenvalue weighted by Gasteiger charge is -2.30. The number of anilines is 1. The fraction of sp³-hybridized carbons (Fsp3) is 0.188. The van der Waals surface area contributed by atoms with Gasteiger partial charge in [0.15, 0.2) is 0 Å². The van der Waals surface area contributed by atoms with Gasteiger partial charge in [0.1, 0.15) is 17.5 Å². The number of nitrogens with one attached hydrogen (secondary N) is 1. The second-order valence-corrected chi connectivity index (χ2v) is 9.87. The number of carbonyl (C=O) groups excluding carboxylic acids is 1. The Hall–Kier alpha value is -4.33. The standard InChI is InChI=1S/C32H29ClN2O5/c33-24-14-15-29(35-16-18-39-19-17-35)27(21-24)31(36)34-28(32(37)38)20-22-10-12-23(13-11-22)26-8-4-5-9-30(26)40-25-6-2-1-3-7-25/h1-15,21,28H,16-20H2,(H,34,36)(H,37,38)/t28-/m0/s1. The zero-order chi connectivity index (χ0) is 27.9. The van der Waals surface area contributed by atoms with Gasteiger partial charge in [-0.1, -0.05) is 72.3 Å². The van der Waals surface area contributed by atoms with E-state index in [-0.39, 0.29) is 6.42 Å². The number of hydrogen-bond donors (Lipinski definition) is 2. The highest BCUT2D eigenvalue weighted by molar-refractivity contribution is 6.31. The zero-order valence-corrected chi connectivity index (χ0v) is 22.5. The first-order valence-corrected chi connectivity index (χ1v) is 13.4. The number of carbonyl (C=O) groups is 2. The first-order valence-electron chi connectivity index (χ1n) is 13.0. The largest absolute Gasteiger partial charge is 0.480 e. The van der Waals surface area contributed by atoms with Crippen LogP contribution in [0.4, 0.5) is 5.69 Å². The molecule has 4 aromatic rings. The van der Waals surface area contributed by atoms with E-state index < -0.39 is 17.9 Å². The molecule has 0 spiro atoms. The molecule has 1 aliphatic rings. The average molecular weight is 557 g/mol. The zero-order valence-electron chi connectivity index (χ0n) is 21.8. The summed E-state index contributed by atoms with van der Waals surface area (Å²) in [6, 6.07) is 28.9. The van der Waals surface area contributed by atoms with Gasteiger partial charge < -0.3 is 24.8 Å². The summed E-state index contributed by atoms with van der Waals surface area (Å²) in [5, 5.41) is 13.0. The van der Waals surface area contributed by atoms with Crippen molar-refractivity contribution < 1.29 is 24.2 Å². The summed E-state index contributed by atoms with van der Waals surface area (Å²) in [4.78, 5) is 27.5. The topological polar surface area (TPSA) is 88.1 Å². The fourth-order valence-electron chi connectivity index (χ4n) is 4.67. The molecule has 8 heteroatoms. The number of hydrogen-bond acceptors (Lipinski definition) is 5.